The number of hydrogen-bond acceptors (Lipinski definition) is 3. The summed E-state index contributed by atoms with van der Waals surface area (Å²) in [6, 6.07) is 33.1. The predicted molar refractivity (Wildman–Crippen MR) is 157 cm³/mol. The van der Waals surface area contributed by atoms with Crippen molar-refractivity contribution >= 4 is 16.8 Å². The molecule has 39 heavy (non-hydrogen) atoms. The molecule has 5 rings (SSSR count). The molecule has 1 amide bonds. The van der Waals surface area contributed by atoms with Crippen LogP contribution in [0.5, 0.6) is 5.75 Å². The number of nitrogens with zero attached hydrogens (tertiary/aromatic N) is 2. The number of methoxy groups -OCH3 is 1. The second-order valence-electron chi connectivity index (χ2n) is 10.0. The molecule has 1 N–H and O–H groups in total. The largest absolute Gasteiger partial charge is 0.497 e. The summed E-state index contributed by atoms with van der Waals surface area (Å²) in [4.78, 5) is 17.7. The van der Waals surface area contributed by atoms with Crippen LogP contribution in [0.3, 0.4) is 0 Å². The Kier molecular flexibility index (Phi) is 8.37. The van der Waals surface area contributed by atoms with Gasteiger partial charge >= 0.3 is 0 Å². The van der Waals surface area contributed by atoms with Gasteiger partial charge in [-0.3, -0.25) is 9.78 Å². The van der Waals surface area contributed by atoms with Crippen LogP contribution in [0.2, 0.25) is 0 Å². The summed E-state index contributed by atoms with van der Waals surface area (Å²) in [5.74, 6) is 1.09. The van der Waals surface area contributed by atoms with Gasteiger partial charge in [0.2, 0.25) is 5.91 Å². The number of hydrogen-bond donors (Lipinski definition) is 1. The van der Waals surface area contributed by atoms with E-state index in [1.54, 1.807) is 13.3 Å². The van der Waals surface area contributed by atoms with Crippen molar-refractivity contribution < 1.29 is 9.53 Å². The lowest BCUT2D eigenvalue weighted by Gasteiger charge is -2.24. The third-order valence-corrected chi connectivity index (χ3v) is 7.49. The second kappa shape index (κ2) is 12.4. The highest BCUT2D eigenvalue weighted by Gasteiger charge is 2.27. The van der Waals surface area contributed by atoms with Gasteiger partial charge in [0.25, 0.3) is 0 Å². The van der Waals surface area contributed by atoms with E-state index >= 15 is 0 Å². The zero-order valence-corrected chi connectivity index (χ0v) is 22.6. The van der Waals surface area contributed by atoms with E-state index in [0.29, 0.717) is 19.4 Å². The van der Waals surface area contributed by atoms with Crippen LogP contribution in [0.25, 0.3) is 10.9 Å². The Hall–Kier alpha value is -4.38. The summed E-state index contributed by atoms with van der Waals surface area (Å²) < 4.78 is 7.64. The maximum Gasteiger partial charge on any atom is 0.220 e. The minimum atomic E-state index is 0.0178. The average Bonchev–Trinajstić information content (AvgIpc) is 3.35. The number of ether oxygens (including phenoxy) is 1. The second-order valence-corrected chi connectivity index (χ2v) is 10.0. The zero-order valence-electron chi connectivity index (χ0n) is 22.6. The van der Waals surface area contributed by atoms with Gasteiger partial charge < -0.3 is 14.6 Å². The first-order chi connectivity index (χ1) is 19.1. The Bertz CT molecular complexity index is 1490. The van der Waals surface area contributed by atoms with Gasteiger partial charge in [-0.15, -0.1) is 0 Å². The summed E-state index contributed by atoms with van der Waals surface area (Å²) in [5, 5.41) is 4.34. The molecule has 0 fully saturated rings. The zero-order chi connectivity index (χ0) is 27.0. The van der Waals surface area contributed by atoms with Crippen LogP contribution in [0.15, 0.2) is 109 Å². The van der Waals surface area contributed by atoms with Crippen molar-refractivity contribution in [2.75, 3.05) is 13.7 Å². The molecule has 198 valence electrons. The van der Waals surface area contributed by atoms with E-state index in [9.17, 15) is 4.79 Å². The first-order valence-electron chi connectivity index (χ1n) is 13.5. The number of carbonyl (C=O) groups excluding carboxylic acids is 1. The molecule has 0 saturated carbocycles. The molecule has 0 aliphatic rings. The summed E-state index contributed by atoms with van der Waals surface area (Å²) in [5.41, 5.74) is 5.78. The molecule has 0 aliphatic carbocycles. The van der Waals surface area contributed by atoms with Gasteiger partial charge in [-0.2, -0.15) is 0 Å². The molecular formula is C34H35N3O2. The van der Waals surface area contributed by atoms with E-state index in [0.717, 1.165) is 18.0 Å². The minimum absolute atomic E-state index is 0.0178. The molecule has 5 aromatic rings. The minimum Gasteiger partial charge on any atom is -0.497 e. The van der Waals surface area contributed by atoms with Crippen LogP contribution < -0.4 is 10.1 Å². The maximum atomic E-state index is 13.3. The number of fused-ring (bicyclic) bond motifs is 1. The monoisotopic (exact) mass is 517 g/mol. The normalized spacial score (nSPS) is 12.7. The van der Waals surface area contributed by atoms with Crippen molar-refractivity contribution in [2.24, 2.45) is 0 Å². The Morgan fingerprint density at radius 3 is 2.41 bits per heavy atom. The van der Waals surface area contributed by atoms with E-state index in [1.165, 1.54) is 27.6 Å². The van der Waals surface area contributed by atoms with Gasteiger partial charge in [0.05, 0.1) is 7.11 Å². The summed E-state index contributed by atoms with van der Waals surface area (Å²) >= 11 is 0. The molecule has 2 atom stereocenters. The van der Waals surface area contributed by atoms with Crippen molar-refractivity contribution in [3.05, 3.63) is 132 Å². The van der Waals surface area contributed by atoms with Crippen molar-refractivity contribution in [1.82, 2.24) is 14.9 Å². The summed E-state index contributed by atoms with van der Waals surface area (Å²) in [6.45, 7) is 3.55. The quantitative estimate of drug-likeness (QED) is 0.211. The van der Waals surface area contributed by atoms with Crippen molar-refractivity contribution in [2.45, 2.75) is 38.1 Å². The molecular weight excluding hydrogens is 482 g/mol. The Balaban J connectivity index is 1.43. The van der Waals surface area contributed by atoms with E-state index in [2.05, 4.69) is 88.7 Å². The number of aromatic nitrogens is 2. The van der Waals surface area contributed by atoms with Gasteiger partial charge in [-0.05, 0) is 52.9 Å². The first-order valence-corrected chi connectivity index (χ1v) is 13.5. The molecule has 0 unspecified atom stereocenters. The van der Waals surface area contributed by atoms with E-state index in [-0.39, 0.29) is 17.7 Å². The van der Waals surface area contributed by atoms with Gasteiger partial charge in [0, 0.05) is 60.8 Å². The lowest BCUT2D eigenvalue weighted by Crippen LogP contribution is -2.28. The molecule has 0 spiro atoms. The Morgan fingerprint density at radius 2 is 1.67 bits per heavy atom. The lowest BCUT2D eigenvalue weighted by atomic mass is 9.80. The smallest absolute Gasteiger partial charge is 0.220 e. The van der Waals surface area contributed by atoms with Gasteiger partial charge in [-0.1, -0.05) is 73.7 Å². The SMILES string of the molecule is COc1ccc(Cn2cc([C@H](CC(=O)NCCc3ccccn3)[C@H](C)c3ccccc3)c3ccccc32)cc1. The number of para-hydroxylation sites is 1. The van der Waals surface area contributed by atoms with Gasteiger partial charge in [0.1, 0.15) is 5.75 Å². The lowest BCUT2D eigenvalue weighted by molar-refractivity contribution is -0.121. The van der Waals surface area contributed by atoms with Crippen molar-refractivity contribution in [3.8, 4) is 5.75 Å². The predicted octanol–water partition coefficient (Wildman–Crippen LogP) is 6.73. The topological polar surface area (TPSA) is 56.1 Å². The highest BCUT2D eigenvalue weighted by atomic mass is 16.5. The summed E-state index contributed by atoms with van der Waals surface area (Å²) in [6.07, 6.45) is 5.16. The fourth-order valence-electron chi connectivity index (χ4n) is 5.32. The Labute approximate surface area is 230 Å². The third-order valence-electron chi connectivity index (χ3n) is 7.49. The fourth-order valence-corrected chi connectivity index (χ4v) is 5.32. The fraction of sp³-hybridized carbons (Fsp3) is 0.235. The molecule has 0 aliphatic heterocycles. The third kappa shape index (κ3) is 6.37. The van der Waals surface area contributed by atoms with E-state index < -0.39 is 0 Å². The number of amides is 1. The number of benzene rings is 3. The molecule has 0 bridgehead atoms. The first kappa shape index (κ1) is 26.2. The number of carbonyl (C=O) groups is 1. The van der Waals surface area contributed by atoms with Crippen LogP contribution >= 0.6 is 0 Å². The van der Waals surface area contributed by atoms with Crippen LogP contribution in [0.1, 0.15) is 47.6 Å². The van der Waals surface area contributed by atoms with E-state index in [1.807, 2.05) is 36.4 Å². The van der Waals surface area contributed by atoms with Crippen LogP contribution in [-0.2, 0) is 17.8 Å². The Morgan fingerprint density at radius 1 is 0.923 bits per heavy atom. The van der Waals surface area contributed by atoms with Crippen LogP contribution in [0, 0.1) is 0 Å². The van der Waals surface area contributed by atoms with Crippen molar-refractivity contribution in [3.63, 3.8) is 0 Å². The molecule has 0 saturated heterocycles. The standard InChI is InChI=1S/C34H35N3O2/c1-25(27-10-4-3-5-11-27)31(22-34(38)36-21-19-28-12-8-9-20-35-28)32-24-37(33-14-7-6-13-30(32)33)23-26-15-17-29(39-2)18-16-26/h3-18,20,24-25,31H,19,21-23H2,1-2H3,(H,36,38)/t25-,31-/m1/s1. The molecule has 0 radical (unpaired) electrons. The van der Waals surface area contributed by atoms with Crippen LogP contribution in [-0.4, -0.2) is 29.1 Å². The maximum absolute atomic E-state index is 13.3. The molecule has 3 aromatic carbocycles. The number of nitrogens with one attached hydrogen (secondary N) is 1. The van der Waals surface area contributed by atoms with Crippen molar-refractivity contribution in [1.29, 1.82) is 0 Å². The van der Waals surface area contributed by atoms with E-state index in [4.69, 9.17) is 4.74 Å². The molecule has 5 heteroatoms. The molecule has 2 heterocycles. The average molecular weight is 518 g/mol. The van der Waals surface area contributed by atoms with Crippen LogP contribution in [0.4, 0.5) is 0 Å². The van der Waals surface area contributed by atoms with Gasteiger partial charge in [0.15, 0.2) is 0 Å². The number of pyridine rings is 1. The highest BCUT2D eigenvalue weighted by Crippen LogP contribution is 2.40. The molecule has 5 nitrogen and oxygen atoms in total. The highest BCUT2D eigenvalue weighted by molar-refractivity contribution is 5.86. The molecule has 2 aromatic heterocycles. The number of rotatable bonds is 11. The van der Waals surface area contributed by atoms with Gasteiger partial charge in [-0.25, -0.2) is 0 Å². The summed E-state index contributed by atoms with van der Waals surface area (Å²) in [7, 11) is 1.68.